The van der Waals surface area contributed by atoms with Crippen LogP contribution in [0.2, 0.25) is 48.9 Å². The SMILES string of the molecule is CCC[Si](C)(OC)OCN([Si](CC)(CC)CC)[Si](CC)(CC)CC. The summed E-state index contributed by atoms with van der Waals surface area (Å²) in [5, 5.41) is 0. The maximum absolute atomic E-state index is 6.62. The summed E-state index contributed by atoms with van der Waals surface area (Å²) in [7, 11) is -3.06. The van der Waals surface area contributed by atoms with Crippen molar-refractivity contribution in [3.05, 3.63) is 0 Å². The van der Waals surface area contributed by atoms with Crippen LogP contribution in [0.15, 0.2) is 0 Å². The molecule has 0 aromatic carbocycles. The zero-order valence-corrected chi connectivity index (χ0v) is 21.1. The van der Waals surface area contributed by atoms with Gasteiger partial charge in [0, 0.05) is 7.11 Å². The summed E-state index contributed by atoms with van der Waals surface area (Å²) in [6.45, 7) is 19.8. The zero-order valence-electron chi connectivity index (χ0n) is 18.1. The third-order valence-corrected chi connectivity index (χ3v) is 23.0. The van der Waals surface area contributed by atoms with Crippen molar-refractivity contribution in [3.8, 4) is 0 Å². The van der Waals surface area contributed by atoms with E-state index >= 15 is 0 Å². The Balaban J connectivity index is 5.72. The Labute approximate surface area is 155 Å². The highest BCUT2D eigenvalue weighted by Gasteiger charge is 2.47. The molecule has 0 bridgehead atoms. The first-order chi connectivity index (χ1) is 11.3. The van der Waals surface area contributed by atoms with Gasteiger partial charge in [-0.25, -0.2) is 0 Å². The van der Waals surface area contributed by atoms with Gasteiger partial charge in [0.15, 0.2) is 0 Å². The fourth-order valence-electron chi connectivity index (χ4n) is 4.31. The van der Waals surface area contributed by atoms with Gasteiger partial charge in [-0.3, -0.25) is 0 Å². The molecule has 24 heavy (non-hydrogen) atoms. The first kappa shape index (κ1) is 24.5. The Hall–Kier alpha value is 0.531. The summed E-state index contributed by atoms with van der Waals surface area (Å²) in [4.78, 5) is 0. The van der Waals surface area contributed by atoms with Crippen LogP contribution < -0.4 is 0 Å². The van der Waals surface area contributed by atoms with Crippen molar-refractivity contribution < 1.29 is 8.85 Å². The lowest BCUT2D eigenvalue weighted by molar-refractivity contribution is 0.164. The number of rotatable bonds is 14. The van der Waals surface area contributed by atoms with E-state index in [0.717, 1.165) is 19.2 Å². The van der Waals surface area contributed by atoms with E-state index in [1.54, 1.807) is 0 Å². The molecule has 0 saturated heterocycles. The van der Waals surface area contributed by atoms with Gasteiger partial charge >= 0.3 is 8.56 Å². The van der Waals surface area contributed by atoms with Crippen molar-refractivity contribution >= 4 is 25.0 Å². The standard InChI is InChI=1S/C18H45NO2Si3/c1-10-17-22(9,20-8)21-18-19(23(11-2,12-3)13-4)24(14-5,15-6)16-7/h10-18H2,1-9H3. The summed E-state index contributed by atoms with van der Waals surface area (Å²) < 4.78 is 15.5. The van der Waals surface area contributed by atoms with Gasteiger partial charge in [0.1, 0.15) is 16.5 Å². The number of hydrogen-bond acceptors (Lipinski definition) is 3. The summed E-state index contributed by atoms with van der Waals surface area (Å²) in [5.74, 6) is 0. The summed E-state index contributed by atoms with van der Waals surface area (Å²) in [5.41, 5.74) is 0. The smallest absolute Gasteiger partial charge is 0.335 e. The van der Waals surface area contributed by atoms with Crippen molar-refractivity contribution in [2.24, 2.45) is 0 Å². The zero-order chi connectivity index (χ0) is 18.9. The lowest BCUT2D eigenvalue weighted by atomic mass is 10.6. The quantitative estimate of drug-likeness (QED) is 0.252. The maximum atomic E-state index is 6.62. The first-order valence-electron chi connectivity index (χ1n) is 10.3. The van der Waals surface area contributed by atoms with Gasteiger partial charge in [-0.2, -0.15) is 0 Å². The minimum atomic E-state index is -2.02. The number of nitrogens with zero attached hydrogens (tertiary/aromatic N) is 1. The van der Waals surface area contributed by atoms with Gasteiger partial charge in [0.05, 0.1) is 6.73 Å². The normalized spacial score (nSPS) is 15.8. The minimum Gasteiger partial charge on any atom is -0.398 e. The Morgan fingerprint density at radius 3 is 1.33 bits per heavy atom. The topological polar surface area (TPSA) is 21.7 Å². The molecule has 0 heterocycles. The van der Waals surface area contributed by atoms with E-state index in [-0.39, 0.29) is 0 Å². The van der Waals surface area contributed by atoms with Crippen LogP contribution in [0.3, 0.4) is 0 Å². The predicted molar refractivity (Wildman–Crippen MR) is 116 cm³/mol. The molecule has 0 rings (SSSR count). The van der Waals surface area contributed by atoms with Crippen LogP contribution in [0.25, 0.3) is 0 Å². The molecule has 0 aliphatic carbocycles. The van der Waals surface area contributed by atoms with Crippen LogP contribution in [-0.2, 0) is 8.85 Å². The predicted octanol–water partition coefficient (Wildman–Crippen LogP) is 6.40. The van der Waals surface area contributed by atoms with Crippen LogP contribution in [-0.4, -0.2) is 43.1 Å². The van der Waals surface area contributed by atoms with E-state index in [4.69, 9.17) is 8.85 Å². The highest BCUT2D eigenvalue weighted by molar-refractivity contribution is 6.92. The molecular formula is C18H45NO2Si3. The average molecular weight is 392 g/mol. The Morgan fingerprint density at radius 1 is 0.708 bits per heavy atom. The largest absolute Gasteiger partial charge is 0.398 e. The molecule has 0 fully saturated rings. The van der Waals surface area contributed by atoms with Crippen molar-refractivity contribution in [1.82, 2.24) is 4.23 Å². The summed E-state index contributed by atoms with van der Waals surface area (Å²) >= 11 is 0. The molecule has 0 N–H and O–H groups in total. The van der Waals surface area contributed by atoms with Crippen LogP contribution in [0.5, 0.6) is 0 Å². The van der Waals surface area contributed by atoms with E-state index in [9.17, 15) is 0 Å². The molecule has 0 aromatic heterocycles. The van der Waals surface area contributed by atoms with Gasteiger partial charge in [0.2, 0.25) is 0 Å². The highest BCUT2D eigenvalue weighted by atomic mass is 28.4. The van der Waals surface area contributed by atoms with Crippen molar-refractivity contribution in [2.75, 3.05) is 13.8 Å². The fraction of sp³-hybridized carbons (Fsp3) is 1.00. The molecule has 3 nitrogen and oxygen atoms in total. The molecule has 0 aromatic rings. The molecule has 0 saturated carbocycles. The highest BCUT2D eigenvalue weighted by Crippen LogP contribution is 2.36. The monoisotopic (exact) mass is 391 g/mol. The molecule has 0 aliphatic rings. The fourth-order valence-corrected chi connectivity index (χ4v) is 19.2. The molecular weight excluding hydrogens is 346 g/mol. The van der Waals surface area contributed by atoms with Gasteiger partial charge in [-0.15, -0.1) is 0 Å². The Bertz CT molecular complexity index is 300. The van der Waals surface area contributed by atoms with Crippen molar-refractivity contribution in [2.45, 2.75) is 104 Å². The number of hydrogen-bond donors (Lipinski definition) is 0. The summed E-state index contributed by atoms with van der Waals surface area (Å²) in [6.07, 6.45) is 1.15. The van der Waals surface area contributed by atoms with Gasteiger partial charge in [0.25, 0.3) is 0 Å². The van der Waals surface area contributed by atoms with E-state index in [1.807, 2.05) is 7.11 Å². The van der Waals surface area contributed by atoms with E-state index in [0.29, 0.717) is 0 Å². The molecule has 0 spiro atoms. The molecule has 6 heteroatoms. The molecule has 1 atom stereocenters. The van der Waals surface area contributed by atoms with E-state index in [2.05, 4.69) is 59.2 Å². The molecule has 1 unspecified atom stereocenters. The Morgan fingerprint density at radius 2 is 1.08 bits per heavy atom. The van der Waals surface area contributed by atoms with Gasteiger partial charge in [-0.1, -0.05) is 54.9 Å². The third kappa shape index (κ3) is 5.51. The second-order valence-electron chi connectivity index (χ2n) is 7.36. The summed E-state index contributed by atoms with van der Waals surface area (Å²) in [6, 6.07) is 9.16. The molecule has 0 amide bonds. The van der Waals surface area contributed by atoms with E-state index in [1.165, 1.54) is 36.3 Å². The van der Waals surface area contributed by atoms with Gasteiger partial charge in [-0.05, 0) is 48.9 Å². The van der Waals surface area contributed by atoms with Crippen molar-refractivity contribution in [3.63, 3.8) is 0 Å². The lowest BCUT2D eigenvalue weighted by Crippen LogP contribution is -2.67. The van der Waals surface area contributed by atoms with E-state index < -0.39 is 25.0 Å². The average Bonchev–Trinajstić information content (AvgIpc) is 2.62. The maximum Gasteiger partial charge on any atom is 0.335 e. The molecule has 0 aliphatic heterocycles. The second kappa shape index (κ2) is 11.3. The molecule has 146 valence electrons. The van der Waals surface area contributed by atoms with Crippen LogP contribution in [0, 0.1) is 0 Å². The second-order valence-corrected chi connectivity index (χ2v) is 21.5. The minimum absolute atomic E-state index is 0.833. The molecule has 0 radical (unpaired) electrons. The van der Waals surface area contributed by atoms with Gasteiger partial charge < -0.3 is 13.1 Å². The van der Waals surface area contributed by atoms with Crippen LogP contribution >= 0.6 is 0 Å². The van der Waals surface area contributed by atoms with Crippen LogP contribution in [0.1, 0.15) is 54.9 Å². The Kier molecular flexibility index (Phi) is 11.5. The van der Waals surface area contributed by atoms with Crippen LogP contribution in [0.4, 0.5) is 0 Å². The third-order valence-electron chi connectivity index (χ3n) is 6.73. The van der Waals surface area contributed by atoms with Crippen molar-refractivity contribution in [1.29, 1.82) is 0 Å². The first-order valence-corrected chi connectivity index (χ1v) is 18.0. The lowest BCUT2D eigenvalue weighted by Gasteiger charge is -2.52.